The van der Waals surface area contributed by atoms with E-state index in [1.54, 1.807) is 15.9 Å². The van der Waals surface area contributed by atoms with Crippen LogP contribution in [0.1, 0.15) is 10.4 Å². The summed E-state index contributed by atoms with van der Waals surface area (Å²) in [5.41, 5.74) is -0.788. The number of hydrogen-bond donors (Lipinski definition) is 0. The van der Waals surface area contributed by atoms with E-state index in [9.17, 15) is 31.1 Å². The van der Waals surface area contributed by atoms with Gasteiger partial charge in [-0.15, -0.1) is 13.2 Å². The summed E-state index contributed by atoms with van der Waals surface area (Å²) in [5, 5.41) is 0. The average molecular weight is 337 g/mol. The summed E-state index contributed by atoms with van der Waals surface area (Å²) in [6.07, 6.45) is -5.12. The Labute approximate surface area is 105 Å². The van der Waals surface area contributed by atoms with Crippen LogP contribution >= 0.6 is 15.9 Å². The first-order valence-electron chi connectivity index (χ1n) is 4.17. The zero-order chi connectivity index (χ0) is 14.1. The van der Waals surface area contributed by atoms with E-state index in [-0.39, 0.29) is 6.07 Å². The minimum absolute atomic E-state index is 0.235. The molecule has 2 nitrogen and oxygen atoms in total. The van der Waals surface area contributed by atoms with E-state index >= 15 is 0 Å². The first kappa shape index (κ1) is 14.8. The highest BCUT2D eigenvalue weighted by Crippen LogP contribution is 2.30. The minimum atomic E-state index is -5.12. The van der Waals surface area contributed by atoms with Gasteiger partial charge < -0.3 is 4.74 Å². The van der Waals surface area contributed by atoms with Gasteiger partial charge in [-0.3, -0.25) is 4.79 Å². The Kier molecular flexibility index (Phi) is 3.94. The SMILES string of the molecule is O=C(c1ccc(OC(F)(F)F)c(F)c1)C(F)(F)Br. The lowest BCUT2D eigenvalue weighted by molar-refractivity contribution is -0.275. The summed E-state index contributed by atoms with van der Waals surface area (Å²) in [7, 11) is 0. The van der Waals surface area contributed by atoms with Crippen molar-refractivity contribution in [2.75, 3.05) is 0 Å². The molecule has 1 aromatic carbocycles. The molecule has 0 heterocycles. The number of ether oxygens (including phenoxy) is 1. The van der Waals surface area contributed by atoms with E-state index < -0.39 is 34.1 Å². The Bertz CT molecular complexity index is 465. The van der Waals surface area contributed by atoms with Crippen LogP contribution < -0.4 is 4.74 Å². The molecule has 0 bridgehead atoms. The smallest absolute Gasteiger partial charge is 0.403 e. The number of halogens is 7. The third-order valence-corrected chi connectivity index (χ3v) is 2.04. The molecule has 0 aliphatic heterocycles. The fraction of sp³-hybridized carbons (Fsp3) is 0.222. The van der Waals surface area contributed by atoms with Crippen LogP contribution in [0.3, 0.4) is 0 Å². The van der Waals surface area contributed by atoms with Gasteiger partial charge in [-0.2, -0.15) is 8.78 Å². The average Bonchev–Trinajstić information content (AvgIpc) is 2.16. The van der Waals surface area contributed by atoms with E-state index in [0.717, 1.165) is 0 Å². The molecule has 0 aliphatic carbocycles. The highest BCUT2D eigenvalue weighted by atomic mass is 79.9. The third kappa shape index (κ3) is 3.90. The highest BCUT2D eigenvalue weighted by Gasteiger charge is 2.37. The zero-order valence-electron chi connectivity index (χ0n) is 8.19. The molecule has 0 N–H and O–H groups in total. The van der Waals surface area contributed by atoms with Gasteiger partial charge in [0, 0.05) is 5.56 Å². The summed E-state index contributed by atoms with van der Waals surface area (Å²) < 4.78 is 76.8. The minimum Gasteiger partial charge on any atom is -0.403 e. The number of Topliss-reactive ketones (excluding diaryl/α,β-unsaturated/α-hetero) is 1. The van der Waals surface area contributed by atoms with Crippen molar-refractivity contribution >= 4 is 21.7 Å². The lowest BCUT2D eigenvalue weighted by Crippen LogP contribution is -2.21. The normalized spacial score (nSPS) is 12.4. The predicted molar refractivity (Wildman–Crippen MR) is 51.3 cm³/mol. The monoisotopic (exact) mass is 336 g/mol. The molecule has 18 heavy (non-hydrogen) atoms. The van der Waals surface area contributed by atoms with Crippen molar-refractivity contribution in [3.63, 3.8) is 0 Å². The molecular formula is C9H3BrF6O2. The van der Waals surface area contributed by atoms with E-state index in [1.165, 1.54) is 0 Å². The van der Waals surface area contributed by atoms with E-state index in [0.29, 0.717) is 12.1 Å². The van der Waals surface area contributed by atoms with Crippen molar-refractivity contribution in [3.05, 3.63) is 29.6 Å². The molecule has 0 atom stereocenters. The van der Waals surface area contributed by atoms with E-state index in [1.807, 2.05) is 0 Å². The maximum absolute atomic E-state index is 13.1. The second-order valence-corrected chi connectivity index (χ2v) is 4.02. The van der Waals surface area contributed by atoms with Gasteiger partial charge in [0.2, 0.25) is 5.78 Å². The first-order chi connectivity index (χ1) is 8.00. The molecule has 100 valence electrons. The maximum atomic E-state index is 13.1. The second kappa shape index (κ2) is 4.79. The molecule has 9 heteroatoms. The molecule has 0 unspecified atom stereocenters. The standard InChI is InChI=1S/C9H3BrF6O2/c10-8(12,13)7(17)4-1-2-6(5(11)3-4)18-9(14,15)16/h1-3H. The quantitative estimate of drug-likeness (QED) is 0.475. The van der Waals surface area contributed by atoms with Crippen LogP contribution in [0.5, 0.6) is 5.75 Å². The second-order valence-electron chi connectivity index (χ2n) is 3.02. The molecule has 0 saturated heterocycles. The first-order valence-corrected chi connectivity index (χ1v) is 4.97. The van der Waals surface area contributed by atoms with E-state index in [4.69, 9.17) is 0 Å². The van der Waals surface area contributed by atoms with Crippen LogP contribution in [0.25, 0.3) is 0 Å². The molecule has 1 aromatic rings. The number of benzene rings is 1. The van der Waals surface area contributed by atoms with Gasteiger partial charge in [0.15, 0.2) is 11.6 Å². The Morgan fingerprint density at radius 2 is 1.72 bits per heavy atom. The van der Waals surface area contributed by atoms with Gasteiger partial charge in [0.25, 0.3) is 0 Å². The number of ketones is 1. The van der Waals surface area contributed by atoms with Gasteiger partial charge in [-0.05, 0) is 34.1 Å². The fourth-order valence-electron chi connectivity index (χ4n) is 1.01. The lowest BCUT2D eigenvalue weighted by Gasteiger charge is -2.11. The summed E-state index contributed by atoms with van der Waals surface area (Å²) in [6.45, 7) is 0. The number of carbonyl (C=O) groups excluding carboxylic acids is 1. The van der Waals surface area contributed by atoms with Gasteiger partial charge >= 0.3 is 11.2 Å². The maximum Gasteiger partial charge on any atom is 0.573 e. The van der Waals surface area contributed by atoms with Gasteiger partial charge in [-0.1, -0.05) is 0 Å². The van der Waals surface area contributed by atoms with Crippen LogP contribution in [-0.2, 0) is 0 Å². The Morgan fingerprint density at radius 1 is 1.17 bits per heavy atom. The van der Waals surface area contributed by atoms with Gasteiger partial charge in [-0.25, -0.2) is 4.39 Å². The molecule has 0 fully saturated rings. The molecular weight excluding hydrogens is 334 g/mol. The molecule has 0 amide bonds. The van der Waals surface area contributed by atoms with Crippen molar-refractivity contribution in [1.29, 1.82) is 0 Å². The van der Waals surface area contributed by atoms with Crippen LogP contribution in [0.4, 0.5) is 26.3 Å². The summed E-state index contributed by atoms with van der Waals surface area (Å²) in [6, 6.07) is 1.27. The summed E-state index contributed by atoms with van der Waals surface area (Å²) in [4.78, 5) is 7.06. The van der Waals surface area contributed by atoms with Crippen molar-refractivity contribution in [2.45, 2.75) is 11.2 Å². The molecule has 0 spiro atoms. The van der Waals surface area contributed by atoms with E-state index in [2.05, 4.69) is 4.74 Å². The predicted octanol–water partition coefficient (Wildman–Crippen LogP) is 3.89. The summed E-state index contributed by atoms with van der Waals surface area (Å²) in [5.74, 6) is -4.56. The van der Waals surface area contributed by atoms with Crippen LogP contribution in [0, 0.1) is 5.82 Å². The Balaban J connectivity index is 3.04. The zero-order valence-corrected chi connectivity index (χ0v) is 9.78. The van der Waals surface area contributed by atoms with Crippen LogP contribution in [-0.4, -0.2) is 17.0 Å². The molecule has 1 rings (SSSR count). The molecule has 0 aliphatic rings. The van der Waals surface area contributed by atoms with Crippen LogP contribution in [0.2, 0.25) is 0 Å². The van der Waals surface area contributed by atoms with Gasteiger partial charge in [0.1, 0.15) is 0 Å². The fourth-order valence-corrected chi connectivity index (χ4v) is 1.24. The number of hydrogen-bond acceptors (Lipinski definition) is 2. The lowest BCUT2D eigenvalue weighted by atomic mass is 10.1. The van der Waals surface area contributed by atoms with Crippen molar-refractivity contribution in [3.8, 4) is 5.75 Å². The van der Waals surface area contributed by atoms with Crippen molar-refractivity contribution in [1.82, 2.24) is 0 Å². The Hall–Kier alpha value is -1.25. The third-order valence-electron chi connectivity index (χ3n) is 1.68. The number of alkyl halides is 6. The summed E-state index contributed by atoms with van der Waals surface area (Å²) >= 11 is 1.76. The molecule has 0 aromatic heterocycles. The van der Waals surface area contributed by atoms with Crippen molar-refractivity contribution < 1.29 is 35.9 Å². The Morgan fingerprint density at radius 3 is 2.11 bits per heavy atom. The van der Waals surface area contributed by atoms with Gasteiger partial charge in [0.05, 0.1) is 0 Å². The van der Waals surface area contributed by atoms with Crippen molar-refractivity contribution in [2.24, 2.45) is 0 Å². The number of carbonyl (C=O) groups is 1. The molecule has 0 saturated carbocycles. The largest absolute Gasteiger partial charge is 0.573 e. The van der Waals surface area contributed by atoms with Crippen LogP contribution in [0.15, 0.2) is 18.2 Å². The molecule has 0 radical (unpaired) electrons. The highest BCUT2D eigenvalue weighted by molar-refractivity contribution is 9.10. The topological polar surface area (TPSA) is 26.3 Å². The number of rotatable bonds is 3.